The van der Waals surface area contributed by atoms with Crippen molar-refractivity contribution in [2.45, 2.75) is 0 Å². The molecule has 0 fully saturated rings. The number of benzene rings is 6. The Kier molecular flexibility index (Phi) is 5.00. The Balaban J connectivity index is 1.33. The van der Waals surface area contributed by atoms with Crippen LogP contribution in [0.1, 0.15) is 0 Å². The van der Waals surface area contributed by atoms with Crippen LogP contribution in [-0.4, -0.2) is 4.98 Å². The number of para-hydroxylation sites is 2. The molecule has 0 aliphatic carbocycles. The zero-order valence-corrected chi connectivity index (χ0v) is 20.3. The summed E-state index contributed by atoms with van der Waals surface area (Å²) in [5.41, 5.74) is 5.57. The molecule has 0 bridgehead atoms. The summed E-state index contributed by atoms with van der Waals surface area (Å²) in [6.45, 7) is 0. The Morgan fingerprint density at radius 3 is 1.86 bits per heavy atom. The van der Waals surface area contributed by atoms with Crippen molar-refractivity contribution in [3.05, 3.63) is 133 Å². The van der Waals surface area contributed by atoms with Crippen molar-refractivity contribution in [1.82, 2.24) is 4.98 Å². The van der Waals surface area contributed by atoms with Crippen LogP contribution in [0, 0.1) is 0 Å². The van der Waals surface area contributed by atoms with E-state index in [4.69, 9.17) is 4.98 Å². The van der Waals surface area contributed by atoms with Gasteiger partial charge in [-0.25, -0.2) is 4.98 Å². The highest BCUT2D eigenvalue weighted by Gasteiger charge is 2.14. The third kappa shape index (κ3) is 3.71. The van der Waals surface area contributed by atoms with Gasteiger partial charge in [-0.1, -0.05) is 60.7 Å². The molecule has 0 radical (unpaired) electrons. The lowest BCUT2D eigenvalue weighted by atomic mass is 10.0. The highest BCUT2D eigenvalue weighted by Crippen LogP contribution is 2.38. The largest absolute Gasteiger partial charge is 0.310 e. The zero-order chi connectivity index (χ0) is 23.9. The summed E-state index contributed by atoms with van der Waals surface area (Å²) in [4.78, 5) is 7.15. The summed E-state index contributed by atoms with van der Waals surface area (Å²) in [5, 5.41) is 6.05. The molecule has 0 aliphatic heterocycles. The molecule has 3 heteroatoms. The van der Waals surface area contributed by atoms with Crippen LogP contribution in [0.4, 0.5) is 17.1 Å². The van der Waals surface area contributed by atoms with E-state index in [1.54, 1.807) is 11.3 Å². The van der Waals surface area contributed by atoms with Gasteiger partial charge in [0.15, 0.2) is 0 Å². The lowest BCUT2D eigenvalue weighted by Gasteiger charge is -2.26. The fourth-order valence-corrected chi connectivity index (χ4v) is 5.81. The van der Waals surface area contributed by atoms with E-state index in [0.717, 1.165) is 33.1 Å². The molecule has 36 heavy (non-hydrogen) atoms. The Morgan fingerprint density at radius 2 is 1.08 bits per heavy atom. The lowest BCUT2D eigenvalue weighted by molar-refractivity contribution is 1.29. The number of rotatable bonds is 4. The number of thiazole rings is 1. The lowest BCUT2D eigenvalue weighted by Crippen LogP contribution is -2.09. The maximum atomic E-state index is 4.84. The molecule has 6 aromatic carbocycles. The second-order valence-electron chi connectivity index (χ2n) is 8.94. The number of aromatic nitrogens is 1. The summed E-state index contributed by atoms with van der Waals surface area (Å²) >= 11 is 1.73. The van der Waals surface area contributed by atoms with Crippen LogP contribution in [0.5, 0.6) is 0 Å². The average Bonchev–Trinajstić information content (AvgIpc) is 3.37. The van der Waals surface area contributed by atoms with Crippen molar-refractivity contribution in [2.75, 3.05) is 4.90 Å². The van der Waals surface area contributed by atoms with Gasteiger partial charge in [0, 0.05) is 22.6 Å². The van der Waals surface area contributed by atoms with E-state index in [-0.39, 0.29) is 0 Å². The van der Waals surface area contributed by atoms with Crippen molar-refractivity contribution in [3.8, 4) is 10.6 Å². The zero-order valence-electron chi connectivity index (χ0n) is 19.5. The molecule has 0 aliphatic rings. The van der Waals surface area contributed by atoms with E-state index in [1.807, 2.05) is 6.07 Å². The van der Waals surface area contributed by atoms with Crippen LogP contribution in [0.2, 0.25) is 0 Å². The first-order valence-corrected chi connectivity index (χ1v) is 12.9. The van der Waals surface area contributed by atoms with E-state index in [1.165, 1.54) is 26.2 Å². The van der Waals surface area contributed by atoms with Crippen molar-refractivity contribution < 1.29 is 0 Å². The van der Waals surface area contributed by atoms with Crippen LogP contribution in [-0.2, 0) is 0 Å². The molecule has 0 spiro atoms. The predicted octanol–water partition coefficient (Wildman–Crippen LogP) is 9.74. The Bertz CT molecular complexity index is 1800. The monoisotopic (exact) mass is 478 g/mol. The number of fused-ring (bicyclic) bond motifs is 3. The van der Waals surface area contributed by atoms with Gasteiger partial charge in [-0.3, -0.25) is 0 Å². The fraction of sp³-hybridized carbons (Fsp3) is 0. The van der Waals surface area contributed by atoms with Crippen molar-refractivity contribution >= 4 is 60.2 Å². The van der Waals surface area contributed by atoms with Crippen LogP contribution >= 0.6 is 11.3 Å². The standard InChI is InChI=1S/C33H22N2S/c1-2-10-28(11-3-1)35(30-19-16-26-20-24-8-4-5-9-25(24)21-27(26)22-30)29-17-14-23(15-18-29)33-34-31-12-6-7-13-32(31)36-33/h1-22H. The molecule has 0 amide bonds. The quantitative estimate of drug-likeness (QED) is 0.234. The van der Waals surface area contributed by atoms with Gasteiger partial charge < -0.3 is 4.90 Å². The second kappa shape index (κ2) is 8.63. The predicted molar refractivity (Wildman–Crippen MR) is 155 cm³/mol. The molecule has 0 unspecified atom stereocenters. The van der Waals surface area contributed by atoms with E-state index in [2.05, 4.69) is 132 Å². The molecular weight excluding hydrogens is 456 g/mol. The third-order valence-electron chi connectivity index (χ3n) is 6.63. The minimum absolute atomic E-state index is 1.05. The molecular formula is C33H22N2S. The number of hydrogen-bond donors (Lipinski definition) is 0. The molecule has 0 saturated heterocycles. The van der Waals surface area contributed by atoms with Gasteiger partial charge in [0.1, 0.15) is 5.01 Å². The first-order valence-electron chi connectivity index (χ1n) is 12.1. The van der Waals surface area contributed by atoms with Crippen LogP contribution in [0.15, 0.2) is 133 Å². The van der Waals surface area contributed by atoms with Crippen LogP contribution in [0.25, 0.3) is 42.3 Å². The molecule has 1 aromatic heterocycles. The maximum absolute atomic E-state index is 4.84. The minimum atomic E-state index is 1.05. The smallest absolute Gasteiger partial charge is 0.124 e. The Morgan fingerprint density at radius 1 is 0.472 bits per heavy atom. The first-order chi connectivity index (χ1) is 17.8. The van der Waals surface area contributed by atoms with Crippen molar-refractivity contribution in [2.24, 2.45) is 0 Å². The molecule has 7 rings (SSSR count). The molecule has 0 saturated carbocycles. The first kappa shape index (κ1) is 20.9. The summed E-state index contributed by atoms with van der Waals surface area (Å²) in [6.07, 6.45) is 0. The SMILES string of the molecule is c1ccc(N(c2ccc(-c3nc4ccccc4s3)cc2)c2ccc3cc4ccccc4cc3c2)cc1. The van der Waals surface area contributed by atoms with Crippen LogP contribution < -0.4 is 4.90 Å². The molecule has 2 nitrogen and oxygen atoms in total. The highest BCUT2D eigenvalue weighted by atomic mass is 32.1. The van der Waals surface area contributed by atoms with Gasteiger partial charge in [0.2, 0.25) is 0 Å². The normalized spacial score (nSPS) is 11.3. The van der Waals surface area contributed by atoms with Crippen molar-refractivity contribution in [3.63, 3.8) is 0 Å². The van der Waals surface area contributed by atoms with Crippen LogP contribution in [0.3, 0.4) is 0 Å². The maximum Gasteiger partial charge on any atom is 0.124 e. The molecule has 0 N–H and O–H groups in total. The van der Waals surface area contributed by atoms with E-state index in [9.17, 15) is 0 Å². The molecule has 170 valence electrons. The molecule has 0 atom stereocenters. The average molecular weight is 479 g/mol. The number of anilines is 3. The Hall–Kier alpha value is -4.47. The fourth-order valence-electron chi connectivity index (χ4n) is 4.84. The summed E-state index contributed by atoms with van der Waals surface area (Å²) in [7, 11) is 0. The second-order valence-corrected chi connectivity index (χ2v) is 9.97. The molecule has 7 aromatic rings. The van der Waals surface area contributed by atoms with E-state index >= 15 is 0 Å². The van der Waals surface area contributed by atoms with Gasteiger partial charge in [-0.05, 0) is 94.3 Å². The van der Waals surface area contributed by atoms with Gasteiger partial charge >= 0.3 is 0 Å². The van der Waals surface area contributed by atoms with Gasteiger partial charge in [-0.2, -0.15) is 0 Å². The summed E-state index contributed by atoms with van der Waals surface area (Å²) in [5.74, 6) is 0. The summed E-state index contributed by atoms with van der Waals surface area (Å²) in [6, 6.07) is 47.4. The van der Waals surface area contributed by atoms with Gasteiger partial charge in [0.05, 0.1) is 10.2 Å². The number of nitrogens with zero attached hydrogens (tertiary/aromatic N) is 2. The molecule has 1 heterocycles. The van der Waals surface area contributed by atoms with Crippen molar-refractivity contribution in [1.29, 1.82) is 0 Å². The minimum Gasteiger partial charge on any atom is -0.310 e. The topological polar surface area (TPSA) is 16.1 Å². The van der Waals surface area contributed by atoms with E-state index in [0.29, 0.717) is 0 Å². The van der Waals surface area contributed by atoms with Gasteiger partial charge in [0.25, 0.3) is 0 Å². The van der Waals surface area contributed by atoms with E-state index < -0.39 is 0 Å². The third-order valence-corrected chi connectivity index (χ3v) is 7.71. The van der Waals surface area contributed by atoms with Gasteiger partial charge in [-0.15, -0.1) is 11.3 Å². The number of hydrogen-bond acceptors (Lipinski definition) is 3. The Labute approximate surface area is 213 Å². The highest BCUT2D eigenvalue weighted by molar-refractivity contribution is 7.21. The summed E-state index contributed by atoms with van der Waals surface area (Å²) < 4.78 is 1.21.